The molecule has 3 heteroatoms. The maximum absolute atomic E-state index is 3.44. The third-order valence-corrected chi connectivity index (χ3v) is 4.61. The number of rotatable bonds is 6. The molecular formula is C14H24N2S. The molecule has 0 saturated carbocycles. The minimum absolute atomic E-state index is 0.916. The highest BCUT2D eigenvalue weighted by molar-refractivity contribution is 7.09. The molecule has 17 heavy (non-hydrogen) atoms. The van der Waals surface area contributed by atoms with Crippen molar-refractivity contribution in [2.75, 3.05) is 32.7 Å². The van der Waals surface area contributed by atoms with Crippen molar-refractivity contribution in [3.63, 3.8) is 0 Å². The Balaban J connectivity index is 1.72. The summed E-state index contributed by atoms with van der Waals surface area (Å²) in [6, 6.07) is 4.41. The number of thiophene rings is 1. The van der Waals surface area contributed by atoms with Crippen LogP contribution in [0.5, 0.6) is 0 Å². The van der Waals surface area contributed by atoms with Crippen LogP contribution in [-0.2, 0) is 6.42 Å². The van der Waals surface area contributed by atoms with Crippen molar-refractivity contribution in [3.8, 4) is 0 Å². The molecule has 1 aliphatic rings. The van der Waals surface area contributed by atoms with E-state index in [9.17, 15) is 0 Å². The Kier molecular flexibility index (Phi) is 5.49. The molecule has 1 saturated heterocycles. The molecule has 2 heterocycles. The summed E-state index contributed by atoms with van der Waals surface area (Å²) in [6.45, 7) is 8.43. The Bertz CT molecular complexity index is 291. The summed E-state index contributed by atoms with van der Waals surface area (Å²) in [5, 5.41) is 5.62. The molecule has 0 aromatic carbocycles. The molecule has 0 atom stereocenters. The van der Waals surface area contributed by atoms with Gasteiger partial charge in [-0.3, -0.25) is 0 Å². The summed E-state index contributed by atoms with van der Waals surface area (Å²) in [6.07, 6.45) is 3.93. The van der Waals surface area contributed by atoms with Gasteiger partial charge < -0.3 is 10.2 Å². The second kappa shape index (κ2) is 7.14. The third kappa shape index (κ3) is 4.41. The topological polar surface area (TPSA) is 15.3 Å². The zero-order valence-corrected chi connectivity index (χ0v) is 11.6. The predicted molar refractivity (Wildman–Crippen MR) is 75.7 cm³/mol. The van der Waals surface area contributed by atoms with E-state index in [0.717, 1.165) is 5.92 Å². The van der Waals surface area contributed by atoms with Gasteiger partial charge in [0, 0.05) is 18.0 Å². The first-order valence-electron chi connectivity index (χ1n) is 6.84. The van der Waals surface area contributed by atoms with Gasteiger partial charge in [-0.2, -0.15) is 0 Å². The fourth-order valence-electron chi connectivity index (χ4n) is 2.53. The molecule has 0 amide bonds. The van der Waals surface area contributed by atoms with E-state index in [1.54, 1.807) is 0 Å². The number of hydrogen-bond acceptors (Lipinski definition) is 3. The summed E-state index contributed by atoms with van der Waals surface area (Å²) in [7, 11) is 0. The van der Waals surface area contributed by atoms with Gasteiger partial charge in [-0.05, 0) is 56.3 Å². The van der Waals surface area contributed by atoms with Crippen LogP contribution in [0.2, 0.25) is 0 Å². The molecule has 1 fully saturated rings. The van der Waals surface area contributed by atoms with E-state index in [-0.39, 0.29) is 0 Å². The van der Waals surface area contributed by atoms with Gasteiger partial charge in [0.05, 0.1) is 0 Å². The van der Waals surface area contributed by atoms with E-state index in [0.29, 0.717) is 0 Å². The van der Waals surface area contributed by atoms with Crippen molar-refractivity contribution in [1.29, 1.82) is 0 Å². The zero-order chi connectivity index (χ0) is 11.9. The Morgan fingerprint density at radius 3 is 2.88 bits per heavy atom. The van der Waals surface area contributed by atoms with Crippen molar-refractivity contribution in [2.24, 2.45) is 5.92 Å². The highest BCUT2D eigenvalue weighted by atomic mass is 32.1. The molecular weight excluding hydrogens is 228 g/mol. The summed E-state index contributed by atoms with van der Waals surface area (Å²) >= 11 is 1.88. The SMILES string of the molecule is CCN(CCc1cccs1)CC1CCNCC1. The molecule has 0 spiro atoms. The molecule has 2 nitrogen and oxygen atoms in total. The van der Waals surface area contributed by atoms with Crippen molar-refractivity contribution in [1.82, 2.24) is 10.2 Å². The summed E-state index contributed by atoms with van der Waals surface area (Å²) in [5.41, 5.74) is 0. The average molecular weight is 252 g/mol. The van der Waals surface area contributed by atoms with E-state index in [1.165, 1.54) is 56.9 Å². The lowest BCUT2D eigenvalue weighted by Gasteiger charge is -2.29. The van der Waals surface area contributed by atoms with E-state index >= 15 is 0 Å². The van der Waals surface area contributed by atoms with Gasteiger partial charge in [0.25, 0.3) is 0 Å². The summed E-state index contributed by atoms with van der Waals surface area (Å²) in [4.78, 5) is 4.14. The minimum atomic E-state index is 0.916. The van der Waals surface area contributed by atoms with Gasteiger partial charge >= 0.3 is 0 Å². The van der Waals surface area contributed by atoms with E-state index < -0.39 is 0 Å². The maximum Gasteiger partial charge on any atom is 0.00579 e. The normalized spacial score (nSPS) is 17.8. The molecule has 1 aromatic rings. The molecule has 96 valence electrons. The van der Waals surface area contributed by atoms with Crippen molar-refractivity contribution in [3.05, 3.63) is 22.4 Å². The fourth-order valence-corrected chi connectivity index (χ4v) is 3.23. The summed E-state index contributed by atoms with van der Waals surface area (Å²) in [5.74, 6) is 0.916. The first-order valence-corrected chi connectivity index (χ1v) is 7.72. The fraction of sp³-hybridized carbons (Fsp3) is 0.714. The Morgan fingerprint density at radius 2 is 2.24 bits per heavy atom. The molecule has 0 radical (unpaired) electrons. The van der Waals surface area contributed by atoms with Crippen LogP contribution < -0.4 is 5.32 Å². The number of nitrogens with one attached hydrogen (secondary N) is 1. The molecule has 0 bridgehead atoms. The molecule has 0 aliphatic carbocycles. The standard InChI is InChI=1S/C14H24N2S/c1-2-16(10-7-14-4-3-11-17-14)12-13-5-8-15-9-6-13/h3-4,11,13,15H,2,5-10,12H2,1H3. The lowest BCUT2D eigenvalue weighted by atomic mass is 9.97. The third-order valence-electron chi connectivity index (χ3n) is 3.68. The predicted octanol–water partition coefficient (Wildman–Crippen LogP) is 2.61. The number of likely N-dealkylation sites (N-methyl/N-ethyl adjacent to an activating group) is 1. The zero-order valence-electron chi connectivity index (χ0n) is 10.8. The average Bonchev–Trinajstić information content (AvgIpc) is 2.89. The Morgan fingerprint density at radius 1 is 1.41 bits per heavy atom. The first kappa shape index (κ1) is 13.1. The smallest absolute Gasteiger partial charge is 0.00579 e. The lowest BCUT2D eigenvalue weighted by Crippen LogP contribution is -2.37. The minimum Gasteiger partial charge on any atom is -0.317 e. The van der Waals surface area contributed by atoms with Gasteiger partial charge in [-0.25, -0.2) is 0 Å². The van der Waals surface area contributed by atoms with Crippen LogP contribution in [0.3, 0.4) is 0 Å². The second-order valence-electron chi connectivity index (χ2n) is 4.92. The quantitative estimate of drug-likeness (QED) is 0.837. The van der Waals surface area contributed by atoms with E-state index in [1.807, 2.05) is 11.3 Å². The van der Waals surface area contributed by atoms with Crippen LogP contribution in [0.1, 0.15) is 24.6 Å². The number of nitrogens with zero attached hydrogens (tertiary/aromatic N) is 1. The van der Waals surface area contributed by atoms with E-state index in [2.05, 4.69) is 34.7 Å². The van der Waals surface area contributed by atoms with Crippen LogP contribution in [-0.4, -0.2) is 37.6 Å². The van der Waals surface area contributed by atoms with E-state index in [4.69, 9.17) is 0 Å². The second-order valence-corrected chi connectivity index (χ2v) is 5.95. The van der Waals surface area contributed by atoms with Gasteiger partial charge in [-0.1, -0.05) is 13.0 Å². The molecule has 1 N–H and O–H groups in total. The Hall–Kier alpha value is -0.380. The first-order chi connectivity index (χ1) is 8.38. The van der Waals surface area contributed by atoms with Crippen LogP contribution in [0, 0.1) is 5.92 Å². The number of hydrogen-bond donors (Lipinski definition) is 1. The molecule has 1 aliphatic heterocycles. The number of piperidine rings is 1. The van der Waals surface area contributed by atoms with Crippen LogP contribution in [0.4, 0.5) is 0 Å². The summed E-state index contributed by atoms with van der Waals surface area (Å²) < 4.78 is 0. The van der Waals surface area contributed by atoms with Crippen LogP contribution >= 0.6 is 11.3 Å². The van der Waals surface area contributed by atoms with Crippen molar-refractivity contribution < 1.29 is 0 Å². The van der Waals surface area contributed by atoms with Gasteiger partial charge in [0.1, 0.15) is 0 Å². The molecule has 2 rings (SSSR count). The Labute approximate surface area is 109 Å². The highest BCUT2D eigenvalue weighted by Gasteiger charge is 2.15. The van der Waals surface area contributed by atoms with Crippen molar-refractivity contribution >= 4 is 11.3 Å². The largest absolute Gasteiger partial charge is 0.317 e. The molecule has 0 unspecified atom stereocenters. The van der Waals surface area contributed by atoms with Crippen LogP contribution in [0.15, 0.2) is 17.5 Å². The van der Waals surface area contributed by atoms with Gasteiger partial charge in [-0.15, -0.1) is 11.3 Å². The van der Waals surface area contributed by atoms with Gasteiger partial charge in [0.15, 0.2) is 0 Å². The molecule has 1 aromatic heterocycles. The van der Waals surface area contributed by atoms with Gasteiger partial charge in [0.2, 0.25) is 0 Å². The lowest BCUT2D eigenvalue weighted by molar-refractivity contribution is 0.216. The maximum atomic E-state index is 3.44. The highest BCUT2D eigenvalue weighted by Crippen LogP contribution is 2.15. The monoisotopic (exact) mass is 252 g/mol. The van der Waals surface area contributed by atoms with Crippen molar-refractivity contribution in [2.45, 2.75) is 26.2 Å². The van der Waals surface area contributed by atoms with Crippen LogP contribution in [0.25, 0.3) is 0 Å².